The van der Waals surface area contributed by atoms with Crippen LogP contribution in [0.5, 0.6) is 5.75 Å². The molecule has 0 radical (unpaired) electrons. The Morgan fingerprint density at radius 2 is 2.00 bits per heavy atom. The quantitative estimate of drug-likeness (QED) is 0.561. The van der Waals surface area contributed by atoms with Crippen LogP contribution in [0.3, 0.4) is 0 Å². The smallest absolute Gasteiger partial charge is 0.185 e. The second-order valence-corrected chi connectivity index (χ2v) is 5.54. The minimum atomic E-state index is -0.0300. The van der Waals surface area contributed by atoms with Gasteiger partial charge in [-0.3, -0.25) is 9.78 Å². The maximum atomic E-state index is 12.1. The molecule has 1 aromatic carbocycles. The van der Waals surface area contributed by atoms with Gasteiger partial charge in [-0.1, -0.05) is 19.9 Å². The lowest BCUT2D eigenvalue weighted by molar-refractivity contribution is 0.104. The molecule has 0 atom stereocenters. The summed E-state index contributed by atoms with van der Waals surface area (Å²) < 4.78 is 5.64. The number of allylic oxidation sites excluding steroid dienone is 1. The number of hydrogen-bond acceptors (Lipinski definition) is 3. The van der Waals surface area contributed by atoms with E-state index in [1.165, 1.54) is 0 Å². The number of rotatable bonds is 7. The van der Waals surface area contributed by atoms with Crippen molar-refractivity contribution in [2.75, 3.05) is 6.61 Å². The summed E-state index contributed by atoms with van der Waals surface area (Å²) in [6, 6.07) is 11.0. The van der Waals surface area contributed by atoms with Gasteiger partial charge in [-0.05, 0) is 60.4 Å². The minimum absolute atomic E-state index is 0.0300. The topological polar surface area (TPSA) is 39.2 Å². The van der Waals surface area contributed by atoms with Crippen LogP contribution in [0, 0.1) is 5.92 Å². The summed E-state index contributed by atoms with van der Waals surface area (Å²) in [5, 5.41) is 0. The zero-order chi connectivity index (χ0) is 15.8. The van der Waals surface area contributed by atoms with Crippen LogP contribution in [0.2, 0.25) is 0 Å². The van der Waals surface area contributed by atoms with Crippen LogP contribution < -0.4 is 4.74 Å². The molecule has 1 aromatic heterocycles. The number of aromatic nitrogens is 1. The Bertz CT molecular complexity index is 616. The molecule has 3 nitrogen and oxygen atoms in total. The average Bonchev–Trinajstić information content (AvgIpc) is 2.54. The van der Waals surface area contributed by atoms with E-state index in [0.717, 1.165) is 17.7 Å². The molecule has 0 unspecified atom stereocenters. The molecule has 0 fully saturated rings. The van der Waals surface area contributed by atoms with E-state index in [1.807, 2.05) is 24.3 Å². The zero-order valence-corrected chi connectivity index (χ0v) is 13.0. The van der Waals surface area contributed by atoms with Gasteiger partial charge in [0.2, 0.25) is 0 Å². The molecule has 3 heteroatoms. The molecule has 0 saturated carbocycles. The summed E-state index contributed by atoms with van der Waals surface area (Å²) in [5.74, 6) is 1.39. The predicted octanol–water partition coefficient (Wildman–Crippen LogP) is 4.40. The summed E-state index contributed by atoms with van der Waals surface area (Å²) >= 11 is 0. The van der Waals surface area contributed by atoms with E-state index < -0.39 is 0 Å². The Morgan fingerprint density at radius 3 is 2.64 bits per heavy atom. The Hall–Kier alpha value is -2.42. The maximum absolute atomic E-state index is 12.1. The predicted molar refractivity (Wildman–Crippen MR) is 89.0 cm³/mol. The summed E-state index contributed by atoms with van der Waals surface area (Å²) in [6.07, 6.45) is 7.77. The van der Waals surface area contributed by atoms with Gasteiger partial charge in [0, 0.05) is 18.0 Å². The van der Waals surface area contributed by atoms with Gasteiger partial charge in [-0.2, -0.15) is 0 Å². The van der Waals surface area contributed by atoms with E-state index in [2.05, 4.69) is 18.8 Å². The highest BCUT2D eigenvalue weighted by molar-refractivity contribution is 6.06. The molecule has 114 valence electrons. The Balaban J connectivity index is 1.92. The third-order valence-corrected chi connectivity index (χ3v) is 3.21. The molecule has 2 aromatic rings. The fourth-order valence-corrected chi connectivity index (χ4v) is 1.87. The number of carbonyl (C=O) groups is 1. The van der Waals surface area contributed by atoms with Crippen molar-refractivity contribution in [1.82, 2.24) is 4.98 Å². The van der Waals surface area contributed by atoms with Gasteiger partial charge in [-0.25, -0.2) is 0 Å². The maximum Gasteiger partial charge on any atom is 0.185 e. The van der Waals surface area contributed by atoms with Crippen molar-refractivity contribution in [3.8, 4) is 5.75 Å². The molecular weight excluding hydrogens is 274 g/mol. The number of nitrogens with zero attached hydrogens (tertiary/aromatic N) is 1. The lowest BCUT2D eigenvalue weighted by atomic mass is 10.1. The Labute approximate surface area is 131 Å². The summed E-state index contributed by atoms with van der Waals surface area (Å²) in [6.45, 7) is 5.03. The van der Waals surface area contributed by atoms with E-state index in [4.69, 9.17) is 4.74 Å². The number of benzene rings is 1. The van der Waals surface area contributed by atoms with Gasteiger partial charge >= 0.3 is 0 Å². The van der Waals surface area contributed by atoms with Crippen molar-refractivity contribution in [1.29, 1.82) is 0 Å². The van der Waals surface area contributed by atoms with Crippen LogP contribution >= 0.6 is 0 Å². The number of ether oxygens (including phenoxy) is 1. The molecule has 1 heterocycles. The first-order valence-electron chi connectivity index (χ1n) is 7.50. The number of carbonyl (C=O) groups excluding carboxylic acids is 1. The van der Waals surface area contributed by atoms with Gasteiger partial charge in [0.1, 0.15) is 5.75 Å². The normalized spacial score (nSPS) is 11.0. The third kappa shape index (κ3) is 5.17. The second-order valence-electron chi connectivity index (χ2n) is 5.54. The van der Waals surface area contributed by atoms with Crippen molar-refractivity contribution in [2.24, 2.45) is 5.92 Å². The third-order valence-electron chi connectivity index (χ3n) is 3.21. The van der Waals surface area contributed by atoms with E-state index in [1.54, 1.807) is 36.7 Å². The molecule has 22 heavy (non-hydrogen) atoms. The molecule has 2 rings (SSSR count). The standard InChI is InChI=1S/C19H21NO2/c1-15(2)11-13-22-18-8-6-17(7-9-18)19(21)10-5-16-4-3-12-20-14-16/h3-10,12,14-15H,11,13H2,1-2H3/b10-5+. The second kappa shape index (κ2) is 8.13. The van der Waals surface area contributed by atoms with Gasteiger partial charge in [0.05, 0.1) is 6.61 Å². The van der Waals surface area contributed by atoms with Crippen molar-refractivity contribution < 1.29 is 9.53 Å². The van der Waals surface area contributed by atoms with Crippen LogP contribution in [0.1, 0.15) is 36.2 Å². The Kier molecular flexibility index (Phi) is 5.90. The van der Waals surface area contributed by atoms with Crippen molar-refractivity contribution in [2.45, 2.75) is 20.3 Å². The molecular formula is C19H21NO2. The highest BCUT2D eigenvalue weighted by Crippen LogP contribution is 2.14. The molecule has 0 amide bonds. The van der Waals surface area contributed by atoms with Crippen LogP contribution in [0.4, 0.5) is 0 Å². The van der Waals surface area contributed by atoms with Crippen molar-refractivity contribution >= 4 is 11.9 Å². The lowest BCUT2D eigenvalue weighted by Crippen LogP contribution is -2.01. The fourth-order valence-electron chi connectivity index (χ4n) is 1.87. The zero-order valence-electron chi connectivity index (χ0n) is 13.0. The average molecular weight is 295 g/mol. The Morgan fingerprint density at radius 1 is 1.23 bits per heavy atom. The van der Waals surface area contributed by atoms with Crippen LogP contribution in [-0.4, -0.2) is 17.4 Å². The molecule has 0 aliphatic rings. The number of pyridine rings is 1. The molecule has 0 saturated heterocycles. The van der Waals surface area contributed by atoms with E-state index in [9.17, 15) is 4.79 Å². The van der Waals surface area contributed by atoms with Crippen LogP contribution in [0.15, 0.2) is 54.9 Å². The van der Waals surface area contributed by atoms with Gasteiger partial charge < -0.3 is 4.74 Å². The summed E-state index contributed by atoms with van der Waals surface area (Å²) in [5.41, 5.74) is 1.56. The number of hydrogen-bond donors (Lipinski definition) is 0. The van der Waals surface area contributed by atoms with Gasteiger partial charge in [0.25, 0.3) is 0 Å². The SMILES string of the molecule is CC(C)CCOc1ccc(C(=O)/C=C/c2cccnc2)cc1. The fraction of sp³-hybridized carbons (Fsp3) is 0.263. The molecule has 0 spiro atoms. The van der Waals surface area contributed by atoms with Crippen LogP contribution in [0.25, 0.3) is 6.08 Å². The van der Waals surface area contributed by atoms with E-state index in [-0.39, 0.29) is 5.78 Å². The monoisotopic (exact) mass is 295 g/mol. The number of ketones is 1. The highest BCUT2D eigenvalue weighted by atomic mass is 16.5. The lowest BCUT2D eigenvalue weighted by Gasteiger charge is -2.08. The van der Waals surface area contributed by atoms with Gasteiger partial charge in [-0.15, -0.1) is 0 Å². The molecule has 0 bridgehead atoms. The molecule has 0 N–H and O–H groups in total. The van der Waals surface area contributed by atoms with Crippen molar-refractivity contribution in [3.63, 3.8) is 0 Å². The first-order valence-corrected chi connectivity index (χ1v) is 7.50. The van der Waals surface area contributed by atoms with Crippen molar-refractivity contribution in [3.05, 3.63) is 66.0 Å². The van der Waals surface area contributed by atoms with Crippen LogP contribution in [-0.2, 0) is 0 Å². The van der Waals surface area contributed by atoms with E-state index in [0.29, 0.717) is 18.1 Å². The highest BCUT2D eigenvalue weighted by Gasteiger charge is 2.02. The minimum Gasteiger partial charge on any atom is -0.494 e. The van der Waals surface area contributed by atoms with E-state index >= 15 is 0 Å². The largest absolute Gasteiger partial charge is 0.494 e. The van der Waals surface area contributed by atoms with Gasteiger partial charge in [0.15, 0.2) is 5.78 Å². The molecule has 0 aliphatic heterocycles. The summed E-state index contributed by atoms with van der Waals surface area (Å²) in [4.78, 5) is 16.1. The first-order chi connectivity index (χ1) is 10.6. The molecule has 0 aliphatic carbocycles. The summed E-state index contributed by atoms with van der Waals surface area (Å²) in [7, 11) is 0. The first kappa shape index (κ1) is 16.0.